The quantitative estimate of drug-likeness (QED) is 0.335. The molecule has 0 unspecified atom stereocenters. The van der Waals surface area contributed by atoms with Gasteiger partial charge in [0.2, 0.25) is 0 Å². The van der Waals surface area contributed by atoms with E-state index in [2.05, 4.69) is 11.6 Å². The fraction of sp³-hybridized carbons (Fsp3) is 0.200. The van der Waals surface area contributed by atoms with Crippen molar-refractivity contribution in [3.8, 4) is 0 Å². The zero-order valence-electron chi connectivity index (χ0n) is 12.6. The first-order chi connectivity index (χ1) is 10.9. The number of aryl methyl sites for hydroxylation is 1. The summed E-state index contributed by atoms with van der Waals surface area (Å²) in [6.07, 6.45) is 0. The van der Waals surface area contributed by atoms with Crippen molar-refractivity contribution in [2.75, 3.05) is 6.61 Å². The van der Waals surface area contributed by atoms with Crippen molar-refractivity contribution in [1.29, 1.82) is 0 Å². The zero-order valence-corrected chi connectivity index (χ0v) is 14.2. The van der Waals surface area contributed by atoms with Gasteiger partial charge in [-0.2, -0.15) is 0 Å². The van der Waals surface area contributed by atoms with Gasteiger partial charge in [0, 0.05) is 28.1 Å². The summed E-state index contributed by atoms with van der Waals surface area (Å²) < 4.78 is 5.87. The fourth-order valence-corrected chi connectivity index (χ4v) is 3.51. The number of nitrogens with zero attached hydrogens (tertiary/aromatic N) is 2. The van der Waals surface area contributed by atoms with Crippen LogP contribution in [-0.4, -0.2) is 22.5 Å². The van der Waals surface area contributed by atoms with Crippen LogP contribution in [0.5, 0.6) is 0 Å². The molecule has 0 N–H and O–H groups in total. The summed E-state index contributed by atoms with van der Waals surface area (Å²) in [5, 5.41) is 12.8. The topological polar surface area (TPSA) is 82.3 Å². The lowest BCUT2D eigenvalue weighted by molar-refractivity contribution is -0.384. The fourth-order valence-electron chi connectivity index (χ4n) is 1.62. The second-order valence-corrected chi connectivity index (χ2v) is 6.97. The number of esters is 1. The third-order valence-corrected chi connectivity index (χ3v) is 4.77. The summed E-state index contributed by atoms with van der Waals surface area (Å²) in [5.41, 5.74) is 1.56. The minimum Gasteiger partial charge on any atom is -0.458 e. The summed E-state index contributed by atoms with van der Waals surface area (Å²) in [7, 11) is 0. The zero-order chi connectivity index (χ0) is 17.0. The maximum absolute atomic E-state index is 12.2. The van der Waals surface area contributed by atoms with E-state index in [1.807, 2.05) is 12.3 Å². The van der Waals surface area contributed by atoms with Crippen LogP contribution in [0.2, 0.25) is 0 Å². The van der Waals surface area contributed by atoms with Gasteiger partial charge >= 0.3 is 5.97 Å². The minimum atomic E-state index is -0.618. The van der Waals surface area contributed by atoms with Crippen molar-refractivity contribution in [1.82, 2.24) is 4.98 Å². The van der Waals surface area contributed by atoms with E-state index < -0.39 is 10.9 Å². The Hall–Kier alpha value is -2.19. The average molecular weight is 350 g/mol. The normalized spacial score (nSPS) is 10.3. The number of thiazole rings is 1. The van der Waals surface area contributed by atoms with Crippen LogP contribution >= 0.6 is 23.1 Å². The third kappa shape index (κ3) is 4.64. The molecule has 0 saturated heterocycles. The molecule has 120 valence electrons. The molecule has 0 saturated carbocycles. The molecule has 0 bridgehead atoms. The van der Waals surface area contributed by atoms with Crippen LogP contribution in [0.25, 0.3) is 0 Å². The van der Waals surface area contributed by atoms with Crippen molar-refractivity contribution < 1.29 is 14.5 Å². The van der Waals surface area contributed by atoms with Crippen molar-refractivity contribution >= 4 is 34.8 Å². The number of carbonyl (C=O) groups is 1. The molecular formula is C15H14N2O4S2. The van der Waals surface area contributed by atoms with Gasteiger partial charge in [-0.25, -0.2) is 9.78 Å². The first kappa shape index (κ1) is 17.2. The molecule has 0 atom stereocenters. The van der Waals surface area contributed by atoms with Crippen molar-refractivity contribution in [2.45, 2.75) is 23.1 Å². The summed E-state index contributed by atoms with van der Waals surface area (Å²) in [4.78, 5) is 27.5. The van der Waals surface area contributed by atoms with Gasteiger partial charge in [-0.05, 0) is 25.5 Å². The Morgan fingerprint density at radius 1 is 1.52 bits per heavy atom. The Morgan fingerprint density at radius 2 is 2.26 bits per heavy atom. The average Bonchev–Trinajstić information content (AvgIpc) is 2.90. The van der Waals surface area contributed by atoms with Crippen LogP contribution in [0.3, 0.4) is 0 Å². The molecule has 2 rings (SSSR count). The number of nitro groups is 1. The van der Waals surface area contributed by atoms with Crippen LogP contribution < -0.4 is 0 Å². The first-order valence-corrected chi connectivity index (χ1v) is 8.26. The summed E-state index contributed by atoms with van der Waals surface area (Å²) in [6, 6.07) is 4.12. The van der Waals surface area contributed by atoms with E-state index in [0.29, 0.717) is 10.5 Å². The molecule has 23 heavy (non-hydrogen) atoms. The molecule has 0 fully saturated rings. The lowest BCUT2D eigenvalue weighted by atomic mass is 10.2. The molecule has 0 aliphatic heterocycles. The SMILES string of the molecule is C=C(C)COC(=O)c1cc([N+](=O)[O-])ccc1Sc1nc(C)cs1. The number of non-ortho nitro benzene ring substituents is 1. The van der Waals surface area contributed by atoms with Crippen LogP contribution in [-0.2, 0) is 4.74 Å². The van der Waals surface area contributed by atoms with Gasteiger partial charge in [0.05, 0.1) is 10.5 Å². The van der Waals surface area contributed by atoms with Gasteiger partial charge in [-0.1, -0.05) is 18.3 Å². The molecule has 6 nitrogen and oxygen atoms in total. The Labute approximate surface area is 141 Å². The highest BCUT2D eigenvalue weighted by Crippen LogP contribution is 2.34. The Balaban J connectivity index is 2.34. The van der Waals surface area contributed by atoms with Gasteiger partial charge in [0.1, 0.15) is 6.61 Å². The molecule has 0 aliphatic rings. The van der Waals surface area contributed by atoms with Gasteiger partial charge < -0.3 is 4.74 Å². The molecule has 8 heteroatoms. The van der Waals surface area contributed by atoms with Crippen LogP contribution in [0.15, 0.2) is 45.0 Å². The number of carbonyl (C=O) groups excluding carboxylic acids is 1. The van der Waals surface area contributed by atoms with Gasteiger partial charge in [-0.3, -0.25) is 10.1 Å². The van der Waals surface area contributed by atoms with Gasteiger partial charge in [-0.15, -0.1) is 11.3 Å². The predicted molar refractivity (Wildman–Crippen MR) is 89.2 cm³/mol. The maximum Gasteiger partial charge on any atom is 0.339 e. The number of hydrogen-bond donors (Lipinski definition) is 0. The second kappa shape index (κ2) is 7.38. The minimum absolute atomic E-state index is 0.0714. The largest absolute Gasteiger partial charge is 0.458 e. The summed E-state index contributed by atoms with van der Waals surface area (Å²) in [5.74, 6) is -0.618. The Kier molecular flexibility index (Phi) is 5.51. The van der Waals surface area contributed by atoms with E-state index in [-0.39, 0.29) is 17.9 Å². The summed E-state index contributed by atoms with van der Waals surface area (Å²) in [6.45, 7) is 7.34. The van der Waals surface area contributed by atoms with Crippen LogP contribution in [0, 0.1) is 17.0 Å². The molecular weight excluding hydrogens is 336 g/mol. The van der Waals surface area contributed by atoms with E-state index in [0.717, 1.165) is 10.0 Å². The molecule has 1 aromatic heterocycles. The molecule has 1 aromatic carbocycles. The van der Waals surface area contributed by atoms with E-state index >= 15 is 0 Å². The lowest BCUT2D eigenvalue weighted by Crippen LogP contribution is -2.08. The molecule has 0 spiro atoms. The third-order valence-electron chi connectivity index (χ3n) is 2.64. The lowest BCUT2D eigenvalue weighted by Gasteiger charge is -2.08. The number of benzene rings is 1. The molecule has 1 heterocycles. The number of ether oxygens (including phenoxy) is 1. The highest BCUT2D eigenvalue weighted by molar-refractivity contribution is 8.01. The number of nitro benzene ring substituents is 1. The van der Waals surface area contributed by atoms with Crippen LogP contribution in [0.1, 0.15) is 23.0 Å². The molecule has 2 aromatic rings. The van der Waals surface area contributed by atoms with Crippen molar-refractivity contribution in [2.24, 2.45) is 0 Å². The predicted octanol–water partition coefficient (Wildman–Crippen LogP) is 4.24. The number of rotatable bonds is 6. The van der Waals surface area contributed by atoms with E-state index in [1.54, 1.807) is 6.92 Å². The van der Waals surface area contributed by atoms with Crippen molar-refractivity contribution in [3.05, 3.63) is 57.1 Å². The summed E-state index contributed by atoms with van der Waals surface area (Å²) >= 11 is 2.72. The van der Waals surface area contributed by atoms with Gasteiger partial charge in [0.25, 0.3) is 5.69 Å². The molecule has 0 radical (unpaired) electrons. The Morgan fingerprint density at radius 3 is 2.83 bits per heavy atom. The molecule has 0 amide bonds. The number of hydrogen-bond acceptors (Lipinski definition) is 7. The van der Waals surface area contributed by atoms with E-state index in [9.17, 15) is 14.9 Å². The Bertz CT molecular complexity index is 771. The highest BCUT2D eigenvalue weighted by Gasteiger charge is 2.19. The maximum atomic E-state index is 12.2. The smallest absolute Gasteiger partial charge is 0.339 e. The van der Waals surface area contributed by atoms with E-state index in [4.69, 9.17) is 4.74 Å². The monoisotopic (exact) mass is 350 g/mol. The van der Waals surface area contributed by atoms with E-state index in [1.165, 1.54) is 41.3 Å². The second-order valence-electron chi connectivity index (χ2n) is 4.83. The van der Waals surface area contributed by atoms with Gasteiger partial charge in [0.15, 0.2) is 4.34 Å². The molecule has 0 aliphatic carbocycles. The standard InChI is InChI=1S/C15H14N2O4S2/c1-9(2)7-21-14(18)12-6-11(17(19)20)4-5-13(12)23-15-16-10(3)8-22-15/h4-6,8H,1,7H2,2-3H3. The number of aromatic nitrogens is 1. The highest BCUT2D eigenvalue weighted by atomic mass is 32.2. The van der Waals surface area contributed by atoms with Crippen molar-refractivity contribution in [3.63, 3.8) is 0 Å². The van der Waals surface area contributed by atoms with Crippen LogP contribution in [0.4, 0.5) is 5.69 Å². The first-order valence-electron chi connectivity index (χ1n) is 6.56.